The molecule has 0 aromatic rings. The maximum atomic E-state index is 5.51. The van der Waals surface area contributed by atoms with Gasteiger partial charge in [-0.15, -0.1) is 0 Å². The van der Waals surface area contributed by atoms with E-state index in [2.05, 4.69) is 19.3 Å². The zero-order valence-electron chi connectivity index (χ0n) is 11.4. The molecule has 0 aromatic carbocycles. The summed E-state index contributed by atoms with van der Waals surface area (Å²) in [5.41, 5.74) is 1.50. The summed E-state index contributed by atoms with van der Waals surface area (Å²) in [7, 11) is 2.11. The highest BCUT2D eigenvalue weighted by Crippen LogP contribution is 2.35. The summed E-state index contributed by atoms with van der Waals surface area (Å²) in [5, 5.41) is 3.54. The third kappa shape index (κ3) is 3.25. The number of nitrogens with one attached hydrogen (secondary N) is 1. The Morgan fingerprint density at radius 3 is 2.94 bits per heavy atom. The molecular formula is C15H27NO. The molecule has 2 heteroatoms. The Hall–Kier alpha value is -0.500. The predicted molar refractivity (Wildman–Crippen MR) is 71.9 cm³/mol. The Kier molecular flexibility index (Phi) is 4.90. The third-order valence-electron chi connectivity index (χ3n) is 4.54. The van der Waals surface area contributed by atoms with E-state index in [4.69, 9.17) is 4.74 Å². The Balaban J connectivity index is 1.99. The summed E-state index contributed by atoms with van der Waals surface area (Å²) in [6, 6.07) is 0.560. The van der Waals surface area contributed by atoms with Gasteiger partial charge in [-0.05, 0) is 50.1 Å². The molecule has 1 aliphatic heterocycles. The second kappa shape index (κ2) is 6.44. The first kappa shape index (κ1) is 12.9. The molecule has 1 aliphatic carbocycles. The second-order valence-corrected chi connectivity index (χ2v) is 5.63. The SMILES string of the molecule is CCC1CCCC(C(NC)C2=COCCC2)C1. The lowest BCUT2D eigenvalue weighted by Crippen LogP contribution is -2.38. The molecular weight excluding hydrogens is 210 g/mol. The number of ether oxygens (including phenoxy) is 1. The van der Waals surface area contributed by atoms with Crippen LogP contribution in [-0.4, -0.2) is 19.7 Å². The molecule has 2 rings (SSSR count). The highest BCUT2D eigenvalue weighted by atomic mass is 16.5. The fraction of sp³-hybridized carbons (Fsp3) is 0.867. The number of hydrogen-bond donors (Lipinski definition) is 1. The molecule has 1 fully saturated rings. The van der Waals surface area contributed by atoms with Crippen molar-refractivity contribution in [3.63, 3.8) is 0 Å². The minimum atomic E-state index is 0.560. The van der Waals surface area contributed by atoms with Crippen LogP contribution in [0.25, 0.3) is 0 Å². The first-order valence-corrected chi connectivity index (χ1v) is 7.33. The fourth-order valence-corrected chi connectivity index (χ4v) is 3.54. The first-order valence-electron chi connectivity index (χ1n) is 7.33. The Bertz CT molecular complexity index is 262. The summed E-state index contributed by atoms with van der Waals surface area (Å²) in [5.74, 6) is 1.78. The zero-order valence-corrected chi connectivity index (χ0v) is 11.4. The van der Waals surface area contributed by atoms with E-state index in [9.17, 15) is 0 Å². The van der Waals surface area contributed by atoms with Gasteiger partial charge < -0.3 is 10.1 Å². The molecule has 0 saturated heterocycles. The molecule has 0 spiro atoms. The Morgan fingerprint density at radius 2 is 2.29 bits per heavy atom. The van der Waals surface area contributed by atoms with Gasteiger partial charge in [-0.3, -0.25) is 0 Å². The van der Waals surface area contributed by atoms with Crippen LogP contribution in [0.3, 0.4) is 0 Å². The second-order valence-electron chi connectivity index (χ2n) is 5.63. The normalized spacial score (nSPS) is 31.5. The maximum Gasteiger partial charge on any atom is 0.0876 e. The predicted octanol–water partition coefficient (Wildman–Crippen LogP) is 3.49. The van der Waals surface area contributed by atoms with Gasteiger partial charge in [0.05, 0.1) is 12.9 Å². The van der Waals surface area contributed by atoms with Crippen molar-refractivity contribution in [2.75, 3.05) is 13.7 Å². The minimum Gasteiger partial charge on any atom is -0.501 e. The smallest absolute Gasteiger partial charge is 0.0876 e. The Morgan fingerprint density at radius 1 is 1.41 bits per heavy atom. The third-order valence-corrected chi connectivity index (χ3v) is 4.54. The van der Waals surface area contributed by atoms with Gasteiger partial charge >= 0.3 is 0 Å². The Labute approximate surface area is 106 Å². The molecule has 0 radical (unpaired) electrons. The van der Waals surface area contributed by atoms with Gasteiger partial charge in [0.25, 0.3) is 0 Å². The van der Waals surface area contributed by atoms with Crippen molar-refractivity contribution < 1.29 is 4.74 Å². The van der Waals surface area contributed by atoms with E-state index in [1.807, 2.05) is 6.26 Å². The lowest BCUT2D eigenvalue weighted by atomic mass is 9.74. The van der Waals surface area contributed by atoms with Crippen LogP contribution in [0.5, 0.6) is 0 Å². The summed E-state index contributed by atoms with van der Waals surface area (Å²) in [6.45, 7) is 3.24. The van der Waals surface area contributed by atoms with Crippen LogP contribution in [0.15, 0.2) is 11.8 Å². The van der Waals surface area contributed by atoms with E-state index in [1.54, 1.807) is 0 Å². The molecule has 0 amide bonds. The van der Waals surface area contributed by atoms with Crippen LogP contribution in [0.4, 0.5) is 0 Å². The highest BCUT2D eigenvalue weighted by Gasteiger charge is 2.29. The van der Waals surface area contributed by atoms with Crippen molar-refractivity contribution in [3.05, 3.63) is 11.8 Å². The highest BCUT2D eigenvalue weighted by molar-refractivity contribution is 5.12. The zero-order chi connectivity index (χ0) is 12.1. The van der Waals surface area contributed by atoms with E-state index in [1.165, 1.54) is 50.5 Å². The van der Waals surface area contributed by atoms with Gasteiger partial charge in [0, 0.05) is 6.04 Å². The van der Waals surface area contributed by atoms with E-state index < -0.39 is 0 Å². The monoisotopic (exact) mass is 237 g/mol. The summed E-state index contributed by atoms with van der Waals surface area (Å²) in [4.78, 5) is 0. The van der Waals surface area contributed by atoms with Crippen LogP contribution >= 0.6 is 0 Å². The molecule has 98 valence electrons. The number of likely N-dealkylation sites (N-methyl/N-ethyl adjacent to an activating group) is 1. The molecule has 1 heterocycles. The minimum absolute atomic E-state index is 0.560. The van der Waals surface area contributed by atoms with Crippen molar-refractivity contribution in [3.8, 4) is 0 Å². The van der Waals surface area contributed by atoms with Gasteiger partial charge in [0.1, 0.15) is 0 Å². The largest absolute Gasteiger partial charge is 0.501 e. The molecule has 0 aromatic heterocycles. The molecule has 2 nitrogen and oxygen atoms in total. The summed E-state index contributed by atoms with van der Waals surface area (Å²) < 4.78 is 5.51. The van der Waals surface area contributed by atoms with E-state index in [0.717, 1.165) is 18.4 Å². The van der Waals surface area contributed by atoms with Crippen LogP contribution in [0.1, 0.15) is 51.9 Å². The van der Waals surface area contributed by atoms with Crippen LogP contribution < -0.4 is 5.32 Å². The first-order chi connectivity index (χ1) is 8.35. The van der Waals surface area contributed by atoms with Crippen LogP contribution in [0, 0.1) is 11.8 Å². The van der Waals surface area contributed by atoms with E-state index >= 15 is 0 Å². The number of rotatable bonds is 4. The van der Waals surface area contributed by atoms with Crippen molar-refractivity contribution in [1.82, 2.24) is 5.32 Å². The van der Waals surface area contributed by atoms with Crippen molar-refractivity contribution in [2.45, 2.75) is 57.9 Å². The quantitative estimate of drug-likeness (QED) is 0.808. The molecule has 17 heavy (non-hydrogen) atoms. The lowest BCUT2D eigenvalue weighted by Gasteiger charge is -2.36. The van der Waals surface area contributed by atoms with E-state index in [-0.39, 0.29) is 0 Å². The summed E-state index contributed by atoms with van der Waals surface area (Å²) in [6.07, 6.45) is 11.4. The lowest BCUT2D eigenvalue weighted by molar-refractivity contribution is 0.194. The van der Waals surface area contributed by atoms with Crippen LogP contribution in [-0.2, 0) is 4.74 Å². The molecule has 3 atom stereocenters. The van der Waals surface area contributed by atoms with Gasteiger partial charge in [0.2, 0.25) is 0 Å². The van der Waals surface area contributed by atoms with Crippen molar-refractivity contribution in [1.29, 1.82) is 0 Å². The average Bonchev–Trinajstić information content (AvgIpc) is 2.41. The maximum absolute atomic E-state index is 5.51. The van der Waals surface area contributed by atoms with Gasteiger partial charge in [-0.25, -0.2) is 0 Å². The van der Waals surface area contributed by atoms with Gasteiger partial charge in [-0.2, -0.15) is 0 Å². The topological polar surface area (TPSA) is 21.3 Å². The summed E-state index contributed by atoms with van der Waals surface area (Å²) >= 11 is 0. The average molecular weight is 237 g/mol. The fourth-order valence-electron chi connectivity index (χ4n) is 3.54. The van der Waals surface area contributed by atoms with Gasteiger partial charge in [-0.1, -0.05) is 26.2 Å². The van der Waals surface area contributed by atoms with Crippen LogP contribution in [0.2, 0.25) is 0 Å². The molecule has 1 saturated carbocycles. The van der Waals surface area contributed by atoms with Gasteiger partial charge in [0.15, 0.2) is 0 Å². The van der Waals surface area contributed by atoms with Crippen molar-refractivity contribution >= 4 is 0 Å². The number of hydrogen-bond acceptors (Lipinski definition) is 2. The molecule has 0 bridgehead atoms. The molecule has 3 unspecified atom stereocenters. The van der Waals surface area contributed by atoms with Crippen molar-refractivity contribution in [2.24, 2.45) is 11.8 Å². The molecule has 1 N–H and O–H groups in total. The molecule has 2 aliphatic rings. The standard InChI is InChI=1S/C15H27NO/c1-3-12-6-4-7-13(10-12)15(16-2)14-8-5-9-17-11-14/h11-13,15-16H,3-10H2,1-2H3. The van der Waals surface area contributed by atoms with E-state index in [0.29, 0.717) is 6.04 Å².